The number of carbonyl (C=O) groups excluding carboxylic acids is 1. The number of alkyl halides is 3. The lowest BCUT2D eigenvalue weighted by Gasteiger charge is -2.33. The predicted molar refractivity (Wildman–Crippen MR) is 129 cm³/mol. The van der Waals surface area contributed by atoms with Crippen molar-refractivity contribution >= 4 is 12.0 Å². The van der Waals surface area contributed by atoms with Gasteiger partial charge < -0.3 is 20.9 Å². The number of pyridine rings is 1. The van der Waals surface area contributed by atoms with Crippen LogP contribution >= 0.6 is 0 Å². The molecule has 2 rings (SSSR count). The van der Waals surface area contributed by atoms with Crippen LogP contribution in [0.3, 0.4) is 0 Å². The Kier molecular flexibility index (Phi) is 10.1. The molecule has 0 aliphatic heterocycles. The van der Waals surface area contributed by atoms with Gasteiger partial charge in [-0.3, -0.25) is 9.69 Å². The molecule has 0 fully saturated rings. The third-order valence-electron chi connectivity index (χ3n) is 5.27. The summed E-state index contributed by atoms with van der Waals surface area (Å²) in [6, 6.07) is 8.06. The Morgan fingerprint density at radius 2 is 1.78 bits per heavy atom. The molecule has 2 aromatic rings. The van der Waals surface area contributed by atoms with Crippen LogP contribution in [-0.2, 0) is 12.7 Å². The maximum Gasteiger partial charge on any atom is 0.433 e. The monoisotopic (exact) mass is 510 g/mol. The summed E-state index contributed by atoms with van der Waals surface area (Å²) in [5.41, 5.74) is 3.75. The highest BCUT2D eigenvalue weighted by Gasteiger charge is 2.34. The zero-order chi connectivity index (χ0) is 26.9. The number of carboxylic acid groups (broad SMARTS) is 1. The molecule has 0 aliphatic rings. The first-order valence-corrected chi connectivity index (χ1v) is 11.7. The average Bonchev–Trinajstić information content (AvgIpc) is 2.78. The van der Waals surface area contributed by atoms with Crippen LogP contribution in [0.15, 0.2) is 36.4 Å². The van der Waals surface area contributed by atoms with Gasteiger partial charge in [0, 0.05) is 30.3 Å². The van der Waals surface area contributed by atoms with E-state index in [9.17, 15) is 27.9 Å². The van der Waals surface area contributed by atoms with Crippen LogP contribution in [0.25, 0.3) is 0 Å². The summed E-state index contributed by atoms with van der Waals surface area (Å²) in [6.45, 7) is 5.74. The van der Waals surface area contributed by atoms with E-state index in [0.717, 1.165) is 36.6 Å². The first-order chi connectivity index (χ1) is 16.8. The van der Waals surface area contributed by atoms with Crippen LogP contribution in [0.4, 0.5) is 18.0 Å². The lowest BCUT2D eigenvalue weighted by Crippen LogP contribution is -2.44. The lowest BCUT2D eigenvalue weighted by atomic mass is 10.1. The highest BCUT2D eigenvalue weighted by atomic mass is 19.4. The van der Waals surface area contributed by atoms with Crippen molar-refractivity contribution in [3.8, 4) is 11.6 Å². The van der Waals surface area contributed by atoms with Gasteiger partial charge in [-0.05, 0) is 70.0 Å². The standard InChI is InChI=1S/C25H33F3N4O4/c1-24(2,3)32(23(34)35)16-17-13-20(25(26,27)28)31-21(14-17)36-19-10-8-9-18(15-19)22(33)30-12-7-5-4-6-11-29/h8-10,13-15H,4-7,11-12,16,29H2,1-3H3,(H,30,33)(H,34,35). The summed E-state index contributed by atoms with van der Waals surface area (Å²) in [5, 5.41) is 12.3. The molecule has 0 spiro atoms. The molecule has 0 atom stereocenters. The number of rotatable bonds is 11. The molecule has 8 nitrogen and oxygen atoms in total. The Hall–Kier alpha value is -3.34. The molecule has 0 bridgehead atoms. The van der Waals surface area contributed by atoms with Crippen LogP contribution < -0.4 is 15.8 Å². The third-order valence-corrected chi connectivity index (χ3v) is 5.27. The summed E-state index contributed by atoms with van der Waals surface area (Å²) in [4.78, 5) is 28.7. The second kappa shape index (κ2) is 12.6. The van der Waals surface area contributed by atoms with Gasteiger partial charge in [0.05, 0.1) is 0 Å². The minimum atomic E-state index is -4.77. The average molecular weight is 511 g/mol. The number of halogens is 3. The summed E-state index contributed by atoms with van der Waals surface area (Å²) >= 11 is 0. The van der Waals surface area contributed by atoms with E-state index in [0.29, 0.717) is 13.1 Å². The van der Waals surface area contributed by atoms with Crippen LogP contribution in [0, 0.1) is 0 Å². The van der Waals surface area contributed by atoms with Crippen molar-refractivity contribution in [3.05, 3.63) is 53.2 Å². The number of nitrogens with two attached hydrogens (primary N) is 1. The van der Waals surface area contributed by atoms with E-state index in [4.69, 9.17) is 10.5 Å². The molecular weight excluding hydrogens is 477 g/mol. The fourth-order valence-electron chi connectivity index (χ4n) is 3.37. The molecule has 0 saturated carbocycles. The van der Waals surface area contributed by atoms with Gasteiger partial charge in [0.15, 0.2) is 0 Å². The normalized spacial score (nSPS) is 11.8. The minimum absolute atomic E-state index is 0.0631. The maximum atomic E-state index is 13.5. The second-order valence-electron chi connectivity index (χ2n) is 9.32. The molecule has 1 aromatic carbocycles. The summed E-state index contributed by atoms with van der Waals surface area (Å²) < 4.78 is 46.1. The number of aromatic nitrogens is 1. The first kappa shape index (κ1) is 28.9. The number of ether oxygens (including phenoxy) is 1. The number of hydrogen-bond donors (Lipinski definition) is 3. The number of carbonyl (C=O) groups is 2. The largest absolute Gasteiger partial charge is 0.465 e. The van der Waals surface area contributed by atoms with E-state index < -0.39 is 23.5 Å². The van der Waals surface area contributed by atoms with Crippen molar-refractivity contribution in [1.82, 2.24) is 15.2 Å². The highest BCUT2D eigenvalue weighted by molar-refractivity contribution is 5.94. The molecule has 4 N–H and O–H groups in total. The zero-order valence-electron chi connectivity index (χ0n) is 20.7. The van der Waals surface area contributed by atoms with Crippen LogP contribution in [-0.4, -0.2) is 45.6 Å². The van der Waals surface area contributed by atoms with E-state index in [2.05, 4.69) is 10.3 Å². The number of hydrogen-bond acceptors (Lipinski definition) is 5. The molecule has 0 radical (unpaired) electrons. The summed E-state index contributed by atoms with van der Waals surface area (Å²) in [5.74, 6) is -0.579. The molecule has 36 heavy (non-hydrogen) atoms. The smallest absolute Gasteiger partial charge is 0.433 e. The van der Waals surface area contributed by atoms with E-state index >= 15 is 0 Å². The number of amides is 2. The van der Waals surface area contributed by atoms with Gasteiger partial charge in [-0.1, -0.05) is 18.9 Å². The van der Waals surface area contributed by atoms with Gasteiger partial charge in [0.25, 0.3) is 5.91 Å². The van der Waals surface area contributed by atoms with E-state index in [1.165, 1.54) is 18.2 Å². The van der Waals surface area contributed by atoms with Crippen molar-refractivity contribution in [2.45, 2.75) is 64.7 Å². The van der Waals surface area contributed by atoms with E-state index in [1.54, 1.807) is 32.9 Å². The quantitative estimate of drug-likeness (QED) is 0.348. The Bertz CT molecular complexity index is 1040. The Morgan fingerprint density at radius 1 is 1.08 bits per heavy atom. The highest BCUT2D eigenvalue weighted by Crippen LogP contribution is 2.32. The molecule has 0 unspecified atom stereocenters. The predicted octanol–water partition coefficient (Wildman–Crippen LogP) is 5.42. The van der Waals surface area contributed by atoms with Gasteiger partial charge in [0.1, 0.15) is 11.4 Å². The molecule has 0 saturated heterocycles. The Morgan fingerprint density at radius 3 is 2.39 bits per heavy atom. The molecule has 11 heteroatoms. The van der Waals surface area contributed by atoms with Gasteiger partial charge in [-0.2, -0.15) is 13.2 Å². The molecular formula is C25H33F3N4O4. The van der Waals surface area contributed by atoms with Crippen molar-refractivity contribution < 1.29 is 32.6 Å². The first-order valence-electron chi connectivity index (χ1n) is 11.7. The maximum absolute atomic E-state index is 13.5. The van der Waals surface area contributed by atoms with Gasteiger partial charge in [-0.25, -0.2) is 9.78 Å². The summed E-state index contributed by atoms with van der Waals surface area (Å²) in [7, 11) is 0. The number of nitrogens with zero attached hydrogens (tertiary/aromatic N) is 2. The van der Waals surface area contributed by atoms with E-state index in [-0.39, 0.29) is 35.2 Å². The second-order valence-corrected chi connectivity index (χ2v) is 9.32. The Labute approximate surface area is 208 Å². The Balaban J connectivity index is 2.21. The molecule has 2 amide bonds. The van der Waals surface area contributed by atoms with Gasteiger partial charge in [0.2, 0.25) is 5.88 Å². The number of benzene rings is 1. The fourth-order valence-corrected chi connectivity index (χ4v) is 3.37. The van der Waals surface area contributed by atoms with Crippen molar-refractivity contribution in [2.24, 2.45) is 5.73 Å². The van der Waals surface area contributed by atoms with E-state index in [1.807, 2.05) is 0 Å². The molecule has 0 aliphatic carbocycles. The number of nitrogens with one attached hydrogen (secondary N) is 1. The topological polar surface area (TPSA) is 118 Å². The zero-order valence-corrected chi connectivity index (χ0v) is 20.7. The molecule has 198 valence electrons. The van der Waals surface area contributed by atoms with Gasteiger partial charge >= 0.3 is 12.3 Å². The van der Waals surface area contributed by atoms with Crippen LogP contribution in [0.1, 0.15) is 68.1 Å². The SMILES string of the molecule is CC(C)(C)N(Cc1cc(Oc2cccc(C(=O)NCCCCCCN)c2)nc(C(F)(F)F)c1)C(=O)O. The van der Waals surface area contributed by atoms with Crippen molar-refractivity contribution in [2.75, 3.05) is 13.1 Å². The van der Waals surface area contributed by atoms with Crippen molar-refractivity contribution in [3.63, 3.8) is 0 Å². The third kappa shape index (κ3) is 9.03. The number of unbranched alkanes of at least 4 members (excludes halogenated alkanes) is 3. The fraction of sp³-hybridized carbons (Fsp3) is 0.480. The lowest BCUT2D eigenvalue weighted by molar-refractivity contribution is -0.141. The van der Waals surface area contributed by atoms with Crippen LogP contribution in [0.2, 0.25) is 0 Å². The van der Waals surface area contributed by atoms with Crippen molar-refractivity contribution in [1.29, 1.82) is 0 Å². The van der Waals surface area contributed by atoms with Crippen LogP contribution in [0.5, 0.6) is 11.6 Å². The molecule has 1 aromatic heterocycles. The minimum Gasteiger partial charge on any atom is -0.465 e. The summed E-state index contributed by atoms with van der Waals surface area (Å²) in [6.07, 6.45) is -2.37. The van der Waals surface area contributed by atoms with Gasteiger partial charge in [-0.15, -0.1) is 0 Å². The molecule has 1 heterocycles.